The summed E-state index contributed by atoms with van der Waals surface area (Å²) in [6.07, 6.45) is -5.19. The molecular weight excluding hydrogens is 575 g/mol. The van der Waals surface area contributed by atoms with Crippen molar-refractivity contribution in [3.8, 4) is 0 Å². The van der Waals surface area contributed by atoms with Crippen LogP contribution in [0.4, 0.5) is 92.2 Å². The van der Waals surface area contributed by atoms with Gasteiger partial charge in [0.05, 0.1) is 0 Å². The molecule has 0 aliphatic rings. The van der Waals surface area contributed by atoms with Crippen molar-refractivity contribution in [3.63, 3.8) is 0 Å². The molecule has 0 heterocycles. The highest BCUT2D eigenvalue weighted by molar-refractivity contribution is 5.18. The molecule has 0 amide bonds. The standard InChI is InChI=1S/C12H5F21O2/c13-1-3(14,15)5(18,19)7(22,23)9(26,27)11(30,31)12(32,33)10(28,29)8(24,25)6(20,21)4(16,17)2(34)35/h2,34-35H,1H2. The molecule has 212 valence electrons. The summed E-state index contributed by atoms with van der Waals surface area (Å²) in [5.74, 6) is -85.3. The van der Waals surface area contributed by atoms with E-state index in [0.29, 0.717) is 0 Å². The smallest absolute Gasteiger partial charge is 0.363 e. The Morgan fingerprint density at radius 2 is 0.571 bits per heavy atom. The van der Waals surface area contributed by atoms with Crippen LogP contribution < -0.4 is 0 Å². The minimum atomic E-state index is -9.22. The summed E-state index contributed by atoms with van der Waals surface area (Å²) in [5, 5.41) is 15.7. The first-order valence-corrected chi connectivity index (χ1v) is 7.46. The van der Waals surface area contributed by atoms with Gasteiger partial charge in [0.2, 0.25) is 6.29 Å². The van der Waals surface area contributed by atoms with Gasteiger partial charge in [0.15, 0.2) is 6.67 Å². The van der Waals surface area contributed by atoms with E-state index in [-0.39, 0.29) is 0 Å². The molecule has 0 rings (SSSR count). The summed E-state index contributed by atoms with van der Waals surface area (Å²) in [6, 6.07) is 0. The maximum Gasteiger partial charge on any atom is 0.385 e. The van der Waals surface area contributed by atoms with Crippen molar-refractivity contribution in [2.24, 2.45) is 0 Å². The van der Waals surface area contributed by atoms with Crippen molar-refractivity contribution in [1.82, 2.24) is 0 Å². The molecule has 2 N–H and O–H groups in total. The summed E-state index contributed by atoms with van der Waals surface area (Å²) >= 11 is 0. The zero-order valence-electron chi connectivity index (χ0n) is 15.1. The van der Waals surface area contributed by atoms with Gasteiger partial charge in [0, 0.05) is 0 Å². The van der Waals surface area contributed by atoms with Crippen molar-refractivity contribution < 1.29 is 102 Å². The Morgan fingerprint density at radius 1 is 0.371 bits per heavy atom. The number of hydrogen-bond donors (Lipinski definition) is 2. The molecule has 35 heavy (non-hydrogen) atoms. The van der Waals surface area contributed by atoms with Gasteiger partial charge in [-0.3, -0.25) is 0 Å². The number of aliphatic hydroxyl groups is 2. The van der Waals surface area contributed by atoms with Gasteiger partial charge in [-0.05, 0) is 0 Å². The minimum Gasteiger partial charge on any atom is -0.363 e. The Hall–Kier alpha value is -1.55. The predicted octanol–water partition coefficient (Wildman–Crippen LogP) is 5.62. The average Bonchev–Trinajstić information content (AvgIpc) is 2.66. The average molecular weight is 580 g/mol. The van der Waals surface area contributed by atoms with Crippen LogP contribution >= 0.6 is 0 Å². The minimum absolute atomic E-state index is 4.13. The van der Waals surface area contributed by atoms with Crippen LogP contribution in [0.3, 0.4) is 0 Å². The van der Waals surface area contributed by atoms with E-state index in [9.17, 15) is 92.2 Å². The van der Waals surface area contributed by atoms with E-state index >= 15 is 0 Å². The summed E-state index contributed by atoms with van der Waals surface area (Å²) in [4.78, 5) is 0. The number of alkyl halides is 21. The third kappa shape index (κ3) is 3.85. The predicted molar refractivity (Wildman–Crippen MR) is 63.7 cm³/mol. The molecule has 0 spiro atoms. The zero-order chi connectivity index (χ0) is 29.3. The lowest BCUT2D eigenvalue weighted by molar-refractivity contribution is -0.473. The molecule has 0 aromatic rings. The highest BCUT2D eigenvalue weighted by Gasteiger charge is 2.97. The van der Waals surface area contributed by atoms with E-state index in [4.69, 9.17) is 10.2 Å². The van der Waals surface area contributed by atoms with Gasteiger partial charge >= 0.3 is 59.2 Å². The van der Waals surface area contributed by atoms with Gasteiger partial charge in [-0.2, -0.15) is 87.8 Å². The normalized spacial score (nSPS) is 16.8. The van der Waals surface area contributed by atoms with E-state index in [0.717, 1.165) is 0 Å². The molecule has 0 aliphatic heterocycles. The number of aliphatic hydroxyl groups excluding tert-OH is 1. The van der Waals surface area contributed by atoms with E-state index < -0.39 is 72.2 Å². The largest absolute Gasteiger partial charge is 0.385 e. The molecular formula is C12H5F21O2. The van der Waals surface area contributed by atoms with Crippen LogP contribution in [0.2, 0.25) is 0 Å². The van der Waals surface area contributed by atoms with Gasteiger partial charge in [0.1, 0.15) is 0 Å². The zero-order valence-corrected chi connectivity index (χ0v) is 15.1. The molecule has 23 heteroatoms. The molecule has 0 aromatic heterocycles. The quantitative estimate of drug-likeness (QED) is 0.246. The Bertz CT molecular complexity index is 768. The van der Waals surface area contributed by atoms with Crippen LogP contribution in [0, 0.1) is 0 Å². The van der Waals surface area contributed by atoms with Crippen LogP contribution in [0.15, 0.2) is 0 Å². The van der Waals surface area contributed by atoms with Crippen molar-refractivity contribution in [2.45, 2.75) is 65.5 Å². The fourth-order valence-electron chi connectivity index (χ4n) is 1.87. The third-order valence-electron chi connectivity index (χ3n) is 4.13. The molecule has 2 nitrogen and oxygen atoms in total. The highest BCUT2D eigenvalue weighted by atomic mass is 19.4. The lowest BCUT2D eigenvalue weighted by atomic mass is 9.85. The first-order valence-electron chi connectivity index (χ1n) is 7.46. The maximum atomic E-state index is 13.4. The van der Waals surface area contributed by atoms with Crippen molar-refractivity contribution in [1.29, 1.82) is 0 Å². The van der Waals surface area contributed by atoms with Crippen LogP contribution in [0.5, 0.6) is 0 Å². The fourth-order valence-corrected chi connectivity index (χ4v) is 1.87. The van der Waals surface area contributed by atoms with Crippen molar-refractivity contribution in [3.05, 3.63) is 0 Å². The monoisotopic (exact) mass is 580 g/mol. The summed E-state index contributed by atoms with van der Waals surface area (Å²) < 4.78 is 274. The van der Waals surface area contributed by atoms with Crippen LogP contribution in [0.1, 0.15) is 0 Å². The molecule has 0 fully saturated rings. The molecule has 0 radical (unpaired) electrons. The Balaban J connectivity index is 7.11. The van der Waals surface area contributed by atoms with Gasteiger partial charge in [-0.1, -0.05) is 0 Å². The number of rotatable bonds is 11. The Labute approximate surface area is 176 Å². The van der Waals surface area contributed by atoms with E-state index in [1.54, 1.807) is 0 Å². The van der Waals surface area contributed by atoms with E-state index in [1.165, 1.54) is 0 Å². The molecule has 0 saturated heterocycles. The molecule has 0 unspecified atom stereocenters. The highest BCUT2D eigenvalue weighted by Crippen LogP contribution is 2.66. The molecule has 0 aliphatic carbocycles. The van der Waals surface area contributed by atoms with Gasteiger partial charge in [-0.25, -0.2) is 4.39 Å². The first-order chi connectivity index (χ1) is 14.8. The summed E-state index contributed by atoms with van der Waals surface area (Å²) in [5.41, 5.74) is 0. The number of hydrogen-bond acceptors (Lipinski definition) is 2. The van der Waals surface area contributed by atoms with Gasteiger partial charge < -0.3 is 10.2 Å². The second-order valence-corrected chi connectivity index (χ2v) is 6.43. The first kappa shape index (κ1) is 33.4. The Morgan fingerprint density at radius 3 is 0.771 bits per heavy atom. The second-order valence-electron chi connectivity index (χ2n) is 6.43. The molecule has 0 bridgehead atoms. The van der Waals surface area contributed by atoms with E-state index in [1.807, 2.05) is 0 Å². The molecule has 0 saturated carbocycles. The summed E-state index contributed by atoms with van der Waals surface area (Å²) in [6.45, 7) is -4.13. The third-order valence-corrected chi connectivity index (χ3v) is 4.13. The van der Waals surface area contributed by atoms with Crippen molar-refractivity contribution >= 4 is 0 Å². The van der Waals surface area contributed by atoms with Crippen LogP contribution in [-0.4, -0.2) is 82.4 Å². The van der Waals surface area contributed by atoms with Crippen LogP contribution in [0.25, 0.3) is 0 Å². The number of halogens is 21. The van der Waals surface area contributed by atoms with Gasteiger partial charge in [-0.15, -0.1) is 0 Å². The van der Waals surface area contributed by atoms with Gasteiger partial charge in [0.25, 0.3) is 0 Å². The lowest BCUT2D eigenvalue weighted by Gasteiger charge is -2.45. The lowest BCUT2D eigenvalue weighted by Crippen LogP contribution is -2.77. The molecule has 0 atom stereocenters. The van der Waals surface area contributed by atoms with Crippen molar-refractivity contribution in [2.75, 3.05) is 6.67 Å². The maximum absolute atomic E-state index is 13.4. The van der Waals surface area contributed by atoms with Crippen LogP contribution in [-0.2, 0) is 0 Å². The topological polar surface area (TPSA) is 40.5 Å². The van der Waals surface area contributed by atoms with E-state index in [2.05, 4.69) is 0 Å². The fraction of sp³-hybridized carbons (Fsp3) is 1.00. The second kappa shape index (κ2) is 8.23. The Kier molecular flexibility index (Phi) is 7.87. The molecule has 0 aromatic carbocycles. The summed E-state index contributed by atoms with van der Waals surface area (Å²) in [7, 11) is 0. The SMILES string of the molecule is OC(O)C(F)(F)C(F)(F)C(F)(F)C(F)(F)C(F)(F)C(F)(F)C(F)(F)C(F)(F)C(F)(F)C(F)(F)CF.